The molecule has 0 atom stereocenters. The second-order valence-corrected chi connectivity index (χ2v) is 4.03. The maximum absolute atomic E-state index is 9.27. The van der Waals surface area contributed by atoms with Gasteiger partial charge >= 0.3 is 0 Å². The Labute approximate surface area is 96.4 Å². The molecule has 0 aliphatic carbocycles. The van der Waals surface area contributed by atoms with Gasteiger partial charge in [0.2, 0.25) is 0 Å². The summed E-state index contributed by atoms with van der Waals surface area (Å²) in [5.41, 5.74) is 4.85. The van der Waals surface area contributed by atoms with Crippen LogP contribution in [0.4, 0.5) is 0 Å². The number of aryl methyl sites for hydroxylation is 1. The molecule has 0 aliphatic rings. The minimum Gasteiger partial charge on any atom is -0.392 e. The molecule has 0 fully saturated rings. The monoisotopic (exact) mass is 212 g/mol. The lowest BCUT2D eigenvalue weighted by atomic mass is 9.97. The van der Waals surface area contributed by atoms with Crippen LogP contribution in [0.2, 0.25) is 0 Å². The Morgan fingerprint density at radius 3 is 2.00 bits per heavy atom. The topological polar surface area (TPSA) is 20.2 Å². The zero-order valence-corrected chi connectivity index (χ0v) is 9.48. The van der Waals surface area contributed by atoms with Gasteiger partial charge in [-0.2, -0.15) is 0 Å². The van der Waals surface area contributed by atoms with Crippen molar-refractivity contribution < 1.29 is 5.11 Å². The maximum Gasteiger partial charge on any atom is 0.0684 e. The van der Waals surface area contributed by atoms with E-state index in [1.54, 1.807) is 0 Å². The molecule has 2 rings (SSSR count). The number of hydrogen-bond acceptors (Lipinski definition) is 1. The molecule has 0 amide bonds. The van der Waals surface area contributed by atoms with E-state index in [4.69, 9.17) is 0 Å². The van der Waals surface area contributed by atoms with E-state index in [0.29, 0.717) is 0 Å². The van der Waals surface area contributed by atoms with Crippen molar-refractivity contribution in [2.75, 3.05) is 0 Å². The lowest BCUT2D eigenvalue weighted by Gasteiger charge is -2.09. The van der Waals surface area contributed by atoms with Crippen molar-refractivity contribution in [3.05, 3.63) is 70.8 Å². The molecule has 0 spiro atoms. The summed E-state index contributed by atoms with van der Waals surface area (Å²) in [4.78, 5) is 0. The van der Waals surface area contributed by atoms with Gasteiger partial charge in [-0.05, 0) is 35.6 Å². The zero-order valence-electron chi connectivity index (χ0n) is 9.48. The smallest absolute Gasteiger partial charge is 0.0684 e. The van der Waals surface area contributed by atoms with Gasteiger partial charge in [-0.3, -0.25) is 0 Å². The molecule has 0 unspecified atom stereocenters. The first-order valence-corrected chi connectivity index (χ1v) is 5.53. The molecular weight excluding hydrogens is 196 g/mol. The number of rotatable bonds is 3. The van der Waals surface area contributed by atoms with Crippen LogP contribution >= 0.6 is 0 Å². The first kappa shape index (κ1) is 10.9. The average Bonchev–Trinajstić information content (AvgIpc) is 2.33. The molecule has 0 aromatic heterocycles. The number of hydrogen-bond donors (Lipinski definition) is 1. The quantitative estimate of drug-likeness (QED) is 0.829. The predicted octanol–water partition coefficient (Wildman–Crippen LogP) is 3.08. The van der Waals surface area contributed by atoms with Gasteiger partial charge in [0.15, 0.2) is 0 Å². The Kier molecular flexibility index (Phi) is 3.37. The summed E-state index contributed by atoms with van der Waals surface area (Å²) < 4.78 is 0. The van der Waals surface area contributed by atoms with E-state index >= 15 is 0 Å². The van der Waals surface area contributed by atoms with E-state index in [1.165, 1.54) is 16.7 Å². The van der Waals surface area contributed by atoms with Crippen molar-refractivity contribution in [1.29, 1.82) is 0 Å². The van der Waals surface area contributed by atoms with Gasteiger partial charge in [-0.1, -0.05) is 48.5 Å². The zero-order chi connectivity index (χ0) is 11.4. The highest BCUT2D eigenvalue weighted by atomic mass is 16.3. The van der Waals surface area contributed by atoms with Crippen LogP contribution < -0.4 is 0 Å². The van der Waals surface area contributed by atoms with Crippen LogP contribution in [0.5, 0.6) is 0 Å². The molecule has 82 valence electrons. The molecule has 0 bridgehead atoms. The highest BCUT2D eigenvalue weighted by Gasteiger charge is 2.03. The Morgan fingerprint density at radius 1 is 0.812 bits per heavy atom. The van der Waals surface area contributed by atoms with E-state index in [2.05, 4.69) is 37.3 Å². The van der Waals surface area contributed by atoms with E-state index < -0.39 is 0 Å². The average molecular weight is 212 g/mol. The fraction of sp³-hybridized carbons (Fsp3) is 0.200. The summed E-state index contributed by atoms with van der Waals surface area (Å²) in [5, 5.41) is 9.27. The summed E-state index contributed by atoms with van der Waals surface area (Å²) in [6, 6.07) is 16.4. The van der Waals surface area contributed by atoms with Gasteiger partial charge in [0.05, 0.1) is 6.61 Å². The number of benzene rings is 2. The van der Waals surface area contributed by atoms with Crippen LogP contribution in [0.25, 0.3) is 0 Å². The van der Waals surface area contributed by atoms with Crippen LogP contribution in [-0.2, 0) is 13.0 Å². The number of aliphatic hydroxyl groups excluding tert-OH is 1. The van der Waals surface area contributed by atoms with Gasteiger partial charge in [-0.15, -0.1) is 0 Å². The Hall–Kier alpha value is -1.60. The van der Waals surface area contributed by atoms with Crippen molar-refractivity contribution in [1.82, 2.24) is 0 Å². The molecule has 0 saturated heterocycles. The van der Waals surface area contributed by atoms with E-state index in [1.807, 2.05) is 18.2 Å². The van der Waals surface area contributed by atoms with E-state index in [9.17, 15) is 5.11 Å². The molecular formula is C15H16O. The third-order valence-corrected chi connectivity index (χ3v) is 2.93. The molecule has 0 heterocycles. The first-order chi connectivity index (χ1) is 7.81. The molecule has 1 N–H and O–H groups in total. The van der Waals surface area contributed by atoms with Gasteiger partial charge in [-0.25, -0.2) is 0 Å². The van der Waals surface area contributed by atoms with E-state index in [0.717, 1.165) is 12.0 Å². The third-order valence-electron chi connectivity index (χ3n) is 2.93. The molecule has 1 nitrogen and oxygen atoms in total. The minimum absolute atomic E-state index is 0.113. The molecule has 0 aliphatic heterocycles. The van der Waals surface area contributed by atoms with Gasteiger partial charge in [0.1, 0.15) is 0 Å². The van der Waals surface area contributed by atoms with Crippen LogP contribution in [0.1, 0.15) is 22.3 Å². The minimum atomic E-state index is 0.113. The predicted molar refractivity (Wildman–Crippen MR) is 66.3 cm³/mol. The lowest BCUT2D eigenvalue weighted by molar-refractivity contribution is 0.281. The summed E-state index contributed by atoms with van der Waals surface area (Å²) in [6.45, 7) is 2.24. The largest absolute Gasteiger partial charge is 0.392 e. The highest BCUT2D eigenvalue weighted by Crippen LogP contribution is 2.16. The van der Waals surface area contributed by atoms with Crippen LogP contribution in [-0.4, -0.2) is 5.11 Å². The van der Waals surface area contributed by atoms with Crippen molar-refractivity contribution in [2.45, 2.75) is 20.0 Å². The third kappa shape index (κ3) is 2.31. The Bertz CT molecular complexity index is 474. The second-order valence-electron chi connectivity index (χ2n) is 4.03. The first-order valence-electron chi connectivity index (χ1n) is 5.53. The highest BCUT2D eigenvalue weighted by molar-refractivity contribution is 5.35. The van der Waals surface area contributed by atoms with Crippen LogP contribution in [0, 0.1) is 6.92 Å². The van der Waals surface area contributed by atoms with Gasteiger partial charge in [0, 0.05) is 0 Å². The summed E-state index contributed by atoms with van der Waals surface area (Å²) >= 11 is 0. The van der Waals surface area contributed by atoms with Crippen molar-refractivity contribution in [3.63, 3.8) is 0 Å². The molecule has 0 radical (unpaired) electrons. The van der Waals surface area contributed by atoms with E-state index in [-0.39, 0.29) is 6.61 Å². The molecule has 2 aromatic rings. The fourth-order valence-corrected chi connectivity index (χ4v) is 1.90. The van der Waals surface area contributed by atoms with Crippen molar-refractivity contribution in [3.8, 4) is 0 Å². The maximum atomic E-state index is 9.27. The fourth-order valence-electron chi connectivity index (χ4n) is 1.90. The second kappa shape index (κ2) is 4.95. The molecule has 0 saturated carbocycles. The molecule has 16 heavy (non-hydrogen) atoms. The molecule has 2 aromatic carbocycles. The summed E-state index contributed by atoms with van der Waals surface area (Å²) in [5.74, 6) is 0. The van der Waals surface area contributed by atoms with Crippen LogP contribution in [0.3, 0.4) is 0 Å². The van der Waals surface area contributed by atoms with Gasteiger partial charge < -0.3 is 5.11 Å². The Balaban J connectivity index is 2.30. The molecule has 1 heteroatoms. The summed E-state index contributed by atoms with van der Waals surface area (Å²) in [6.07, 6.45) is 0.892. The van der Waals surface area contributed by atoms with Gasteiger partial charge in [0.25, 0.3) is 0 Å². The summed E-state index contributed by atoms with van der Waals surface area (Å²) in [7, 11) is 0. The van der Waals surface area contributed by atoms with Crippen LogP contribution in [0.15, 0.2) is 48.5 Å². The number of aliphatic hydroxyl groups is 1. The van der Waals surface area contributed by atoms with Crippen molar-refractivity contribution in [2.24, 2.45) is 0 Å². The lowest BCUT2D eigenvalue weighted by Crippen LogP contribution is -1.96. The normalized spacial score (nSPS) is 10.4. The Morgan fingerprint density at radius 2 is 1.38 bits per heavy atom. The van der Waals surface area contributed by atoms with Crippen molar-refractivity contribution >= 4 is 0 Å². The standard InChI is InChI=1S/C15H16O/c1-12-6-2-3-7-13(12)10-14-8-4-5-9-15(14)11-16/h2-9,16H,10-11H2,1H3. The SMILES string of the molecule is Cc1ccccc1Cc1ccccc1CO.